The molecule has 3 aromatic rings. The summed E-state index contributed by atoms with van der Waals surface area (Å²) in [5, 5.41) is 3.28. The van der Waals surface area contributed by atoms with Crippen LogP contribution < -0.4 is 5.32 Å². The molecule has 0 aromatic heterocycles. The number of nitrogens with one attached hydrogen (secondary N) is 1. The number of carbonyl (C=O) groups is 1. The summed E-state index contributed by atoms with van der Waals surface area (Å²) in [5.41, 5.74) is 3.88. The molecule has 0 saturated carbocycles. The Kier molecular flexibility index (Phi) is 6.09. The van der Waals surface area contributed by atoms with E-state index in [2.05, 4.69) is 12.2 Å². The van der Waals surface area contributed by atoms with Crippen molar-refractivity contribution in [2.75, 3.05) is 7.05 Å². The van der Waals surface area contributed by atoms with Crippen LogP contribution in [0.4, 0.5) is 0 Å². The van der Waals surface area contributed by atoms with Gasteiger partial charge in [-0.3, -0.25) is 9.10 Å². The number of halogens is 1. The molecule has 5 nitrogen and oxygen atoms in total. The van der Waals surface area contributed by atoms with E-state index in [1.54, 1.807) is 12.1 Å². The van der Waals surface area contributed by atoms with Gasteiger partial charge in [-0.15, -0.1) is 0 Å². The molecule has 1 aliphatic heterocycles. The summed E-state index contributed by atoms with van der Waals surface area (Å²) in [6.45, 7) is 2.36. The molecule has 1 amide bonds. The van der Waals surface area contributed by atoms with Crippen molar-refractivity contribution in [3.8, 4) is 0 Å². The van der Waals surface area contributed by atoms with Crippen LogP contribution in [-0.2, 0) is 27.8 Å². The number of carbonyl (C=O) groups excluding carboxylic acids is 1. The topological polar surface area (TPSA) is 66.5 Å². The van der Waals surface area contributed by atoms with Crippen molar-refractivity contribution in [1.29, 1.82) is 0 Å². The van der Waals surface area contributed by atoms with Gasteiger partial charge in [0.1, 0.15) is 5.70 Å². The van der Waals surface area contributed by atoms with Crippen LogP contribution >= 0.6 is 11.6 Å². The van der Waals surface area contributed by atoms with Crippen LogP contribution in [-0.4, -0.2) is 25.7 Å². The smallest absolute Gasteiger partial charge is 0.269 e. The molecule has 0 radical (unpaired) electrons. The normalized spacial score (nSPS) is 14.8. The minimum Gasteiger partial charge on any atom is -0.347 e. The second-order valence-electron chi connectivity index (χ2n) is 7.56. The lowest BCUT2D eigenvalue weighted by Crippen LogP contribution is -2.39. The largest absolute Gasteiger partial charge is 0.347 e. The van der Waals surface area contributed by atoms with Crippen LogP contribution in [0.3, 0.4) is 0 Å². The van der Waals surface area contributed by atoms with Gasteiger partial charge in [-0.2, -0.15) is 0 Å². The fourth-order valence-electron chi connectivity index (χ4n) is 3.79. The maximum absolute atomic E-state index is 13.4. The van der Waals surface area contributed by atoms with E-state index in [4.69, 9.17) is 11.6 Å². The number of fused-ring (bicyclic) bond motifs is 1. The number of benzene rings is 3. The van der Waals surface area contributed by atoms with Gasteiger partial charge in [-0.1, -0.05) is 73.1 Å². The number of hydrogen-bond donors (Lipinski definition) is 1. The molecule has 4 rings (SSSR count). The molecule has 1 heterocycles. The molecule has 0 aliphatic carbocycles. The van der Waals surface area contributed by atoms with E-state index in [1.807, 2.05) is 54.6 Å². The maximum atomic E-state index is 13.4. The highest BCUT2D eigenvalue weighted by molar-refractivity contribution is 7.89. The average Bonchev–Trinajstić information content (AvgIpc) is 2.80. The fraction of sp³-hybridized carbons (Fsp3) is 0.160. The van der Waals surface area contributed by atoms with Crippen molar-refractivity contribution in [3.05, 3.63) is 106 Å². The van der Waals surface area contributed by atoms with Crippen LogP contribution in [0.5, 0.6) is 0 Å². The number of rotatable bonds is 5. The molecule has 164 valence electrons. The zero-order valence-corrected chi connectivity index (χ0v) is 19.4. The summed E-state index contributed by atoms with van der Waals surface area (Å²) >= 11 is 6.22. The van der Waals surface area contributed by atoms with E-state index in [-0.39, 0.29) is 17.1 Å². The van der Waals surface area contributed by atoms with Crippen LogP contribution in [0.25, 0.3) is 5.57 Å². The van der Waals surface area contributed by atoms with Gasteiger partial charge in [0, 0.05) is 29.8 Å². The Labute approximate surface area is 193 Å². The molecule has 1 N–H and O–H groups in total. The molecule has 32 heavy (non-hydrogen) atoms. The van der Waals surface area contributed by atoms with Gasteiger partial charge in [0.15, 0.2) is 0 Å². The summed E-state index contributed by atoms with van der Waals surface area (Å²) in [4.78, 5) is 13.5. The fourth-order valence-corrected chi connectivity index (χ4v) is 5.35. The standard InChI is InChI=1S/C25H23ClN2O3S/c1-3-17-9-11-18(12-10-17)16-27-25(29)24-23(19-7-5-4-6-8-19)21-15-20(26)13-14-22(21)32(30,31)28(24)2/h4-15H,3,16H2,1-2H3,(H,27,29). The van der Waals surface area contributed by atoms with Crippen LogP contribution in [0.15, 0.2) is 83.4 Å². The van der Waals surface area contributed by atoms with Gasteiger partial charge in [0.25, 0.3) is 15.9 Å². The Bertz CT molecular complexity index is 1300. The minimum absolute atomic E-state index is 0.0659. The average molecular weight is 467 g/mol. The van der Waals surface area contributed by atoms with Gasteiger partial charge in [-0.25, -0.2) is 8.42 Å². The Balaban J connectivity index is 1.81. The number of sulfonamides is 1. The Morgan fingerprint density at radius 1 is 0.969 bits per heavy atom. The van der Waals surface area contributed by atoms with Crippen LogP contribution in [0.1, 0.15) is 29.2 Å². The third-order valence-electron chi connectivity index (χ3n) is 5.56. The molecule has 0 unspecified atom stereocenters. The van der Waals surface area contributed by atoms with Gasteiger partial charge >= 0.3 is 0 Å². The predicted octanol–water partition coefficient (Wildman–Crippen LogP) is 4.61. The van der Waals surface area contributed by atoms with Gasteiger partial charge in [0.05, 0.1) is 4.90 Å². The Hall–Kier alpha value is -3.09. The van der Waals surface area contributed by atoms with Crippen LogP contribution in [0.2, 0.25) is 5.02 Å². The quantitative estimate of drug-likeness (QED) is 0.597. The Morgan fingerprint density at radius 3 is 2.28 bits per heavy atom. The van der Waals surface area contributed by atoms with Crippen molar-refractivity contribution in [3.63, 3.8) is 0 Å². The van der Waals surface area contributed by atoms with Gasteiger partial charge < -0.3 is 5.32 Å². The monoisotopic (exact) mass is 466 g/mol. The van der Waals surface area contributed by atoms with Crippen molar-refractivity contribution >= 4 is 33.1 Å². The van der Waals surface area contributed by atoms with Crippen molar-refractivity contribution in [1.82, 2.24) is 9.62 Å². The number of hydrogen-bond acceptors (Lipinski definition) is 3. The second kappa shape index (κ2) is 8.81. The Morgan fingerprint density at radius 2 is 1.62 bits per heavy atom. The third kappa shape index (κ3) is 4.04. The number of nitrogens with zero attached hydrogens (tertiary/aromatic N) is 1. The van der Waals surface area contributed by atoms with Gasteiger partial charge in [0.2, 0.25) is 0 Å². The van der Waals surface area contributed by atoms with Gasteiger partial charge in [-0.05, 0) is 41.3 Å². The number of amides is 1. The summed E-state index contributed by atoms with van der Waals surface area (Å²) in [7, 11) is -2.51. The lowest BCUT2D eigenvalue weighted by atomic mass is 9.95. The summed E-state index contributed by atoms with van der Waals surface area (Å²) in [6.07, 6.45) is 0.935. The zero-order valence-electron chi connectivity index (χ0n) is 17.8. The molecular weight excluding hydrogens is 444 g/mol. The molecule has 7 heteroatoms. The molecular formula is C25H23ClN2O3S. The lowest BCUT2D eigenvalue weighted by molar-refractivity contribution is -0.118. The zero-order chi connectivity index (χ0) is 22.9. The maximum Gasteiger partial charge on any atom is 0.269 e. The molecule has 3 aromatic carbocycles. The third-order valence-corrected chi connectivity index (χ3v) is 7.61. The van der Waals surface area contributed by atoms with E-state index < -0.39 is 15.9 Å². The second-order valence-corrected chi connectivity index (χ2v) is 9.93. The molecule has 0 bridgehead atoms. The first-order valence-corrected chi connectivity index (χ1v) is 12.1. The SMILES string of the molecule is CCc1ccc(CNC(=O)C2=C(c3ccccc3)c3cc(Cl)ccc3S(=O)(=O)N2C)cc1. The van der Waals surface area contributed by atoms with E-state index >= 15 is 0 Å². The van der Waals surface area contributed by atoms with Crippen molar-refractivity contribution in [2.45, 2.75) is 24.8 Å². The highest BCUT2D eigenvalue weighted by Crippen LogP contribution is 2.40. The van der Waals surface area contributed by atoms with Crippen LogP contribution in [0, 0.1) is 0 Å². The highest BCUT2D eigenvalue weighted by Gasteiger charge is 2.38. The summed E-state index contributed by atoms with van der Waals surface area (Å²) in [6, 6.07) is 21.8. The van der Waals surface area contributed by atoms with E-state index in [1.165, 1.54) is 18.7 Å². The summed E-state index contributed by atoms with van der Waals surface area (Å²) in [5.74, 6) is -0.472. The van der Waals surface area contributed by atoms with E-state index in [0.29, 0.717) is 16.2 Å². The molecule has 0 saturated heterocycles. The first-order valence-electron chi connectivity index (χ1n) is 10.3. The van der Waals surface area contributed by atoms with E-state index in [9.17, 15) is 13.2 Å². The van der Waals surface area contributed by atoms with Crippen molar-refractivity contribution in [2.24, 2.45) is 0 Å². The van der Waals surface area contributed by atoms with Crippen molar-refractivity contribution < 1.29 is 13.2 Å². The molecule has 0 fully saturated rings. The first-order chi connectivity index (χ1) is 15.3. The number of aryl methyl sites for hydroxylation is 1. The molecule has 1 aliphatic rings. The van der Waals surface area contributed by atoms with E-state index in [0.717, 1.165) is 21.9 Å². The summed E-state index contributed by atoms with van der Waals surface area (Å²) < 4.78 is 27.5. The first kappa shape index (κ1) is 22.1. The highest BCUT2D eigenvalue weighted by atomic mass is 35.5. The lowest BCUT2D eigenvalue weighted by Gasteiger charge is -2.31. The molecule has 0 spiro atoms. The molecule has 0 atom stereocenters. The predicted molar refractivity (Wildman–Crippen MR) is 127 cm³/mol. The number of likely N-dealkylation sites (N-methyl/N-ethyl adjacent to an activating group) is 1. The minimum atomic E-state index is -3.91.